The number of nitriles is 1. The summed E-state index contributed by atoms with van der Waals surface area (Å²) >= 11 is 0. The van der Waals surface area contributed by atoms with E-state index in [4.69, 9.17) is 10.7 Å². The van der Waals surface area contributed by atoms with Crippen LogP contribution >= 0.6 is 0 Å². The van der Waals surface area contributed by atoms with E-state index in [0.717, 1.165) is 12.5 Å². The van der Waals surface area contributed by atoms with Gasteiger partial charge in [-0.15, -0.1) is 0 Å². The second-order valence-electron chi connectivity index (χ2n) is 5.13. The van der Waals surface area contributed by atoms with Crippen LogP contribution in [0.4, 0.5) is 13.2 Å². The summed E-state index contributed by atoms with van der Waals surface area (Å²) in [4.78, 5) is 12.0. The van der Waals surface area contributed by atoms with E-state index in [1.165, 1.54) is 18.2 Å². The van der Waals surface area contributed by atoms with Crippen LogP contribution in [0.15, 0.2) is 24.3 Å². The van der Waals surface area contributed by atoms with Gasteiger partial charge in [-0.3, -0.25) is 4.79 Å². The van der Waals surface area contributed by atoms with Crippen LogP contribution in [-0.2, 0) is 0 Å². The van der Waals surface area contributed by atoms with Gasteiger partial charge >= 0.3 is 6.18 Å². The van der Waals surface area contributed by atoms with Crippen molar-refractivity contribution in [2.24, 2.45) is 5.92 Å². The van der Waals surface area contributed by atoms with Crippen molar-refractivity contribution in [3.05, 3.63) is 35.4 Å². The zero-order valence-corrected chi connectivity index (χ0v) is 12.0. The highest BCUT2D eigenvalue weighted by Gasteiger charge is 2.60. The van der Waals surface area contributed by atoms with Crippen molar-refractivity contribution in [2.45, 2.75) is 32.0 Å². The fourth-order valence-electron chi connectivity index (χ4n) is 2.01. The summed E-state index contributed by atoms with van der Waals surface area (Å²) < 4.78 is 39.6. The van der Waals surface area contributed by atoms with E-state index in [9.17, 15) is 23.1 Å². The second kappa shape index (κ2) is 6.28. The minimum absolute atomic E-state index is 0.00704. The van der Waals surface area contributed by atoms with Crippen molar-refractivity contribution in [2.75, 3.05) is 0 Å². The Morgan fingerprint density at radius 3 is 2.23 bits per heavy atom. The molecule has 1 aromatic rings. The minimum Gasteiger partial charge on any atom is -0.379 e. The second-order valence-corrected chi connectivity index (χ2v) is 5.13. The summed E-state index contributed by atoms with van der Waals surface area (Å²) in [6.45, 7) is 2.74. The first-order valence-electron chi connectivity index (χ1n) is 6.36. The van der Waals surface area contributed by atoms with Crippen molar-refractivity contribution in [3.63, 3.8) is 0 Å². The third-order valence-corrected chi connectivity index (χ3v) is 3.33. The number of benzene rings is 1. The molecule has 118 valence electrons. The van der Waals surface area contributed by atoms with Crippen LogP contribution in [0.25, 0.3) is 0 Å². The number of carbonyl (C=O) groups excluding carboxylic acids is 1. The fourth-order valence-corrected chi connectivity index (χ4v) is 2.01. The number of halogens is 3. The zero-order chi connectivity index (χ0) is 17.1. The quantitative estimate of drug-likeness (QED) is 0.647. The third kappa shape index (κ3) is 3.52. The average molecular weight is 312 g/mol. The molecule has 0 bridgehead atoms. The van der Waals surface area contributed by atoms with E-state index in [0.29, 0.717) is 0 Å². The first-order valence-corrected chi connectivity index (χ1v) is 6.36. The first kappa shape index (κ1) is 17.9. The number of alkyl halides is 3. The molecule has 0 aliphatic heterocycles. The maximum Gasteiger partial charge on any atom is 0.419 e. The SMILES string of the molecule is CC(=N)C(C#N)C(O)(CC(=O)c1ccc(C)cc1)C(F)(F)F. The summed E-state index contributed by atoms with van der Waals surface area (Å²) in [5.41, 5.74) is -3.41. The monoisotopic (exact) mass is 312 g/mol. The van der Waals surface area contributed by atoms with E-state index in [-0.39, 0.29) is 5.56 Å². The van der Waals surface area contributed by atoms with Crippen LogP contribution in [-0.4, -0.2) is 28.4 Å². The van der Waals surface area contributed by atoms with Crippen LogP contribution in [0.5, 0.6) is 0 Å². The molecule has 0 saturated carbocycles. The summed E-state index contributed by atoms with van der Waals surface area (Å²) in [5.74, 6) is -3.08. The van der Waals surface area contributed by atoms with E-state index in [2.05, 4.69) is 0 Å². The van der Waals surface area contributed by atoms with E-state index in [1.54, 1.807) is 19.1 Å². The molecule has 0 aromatic heterocycles. The van der Waals surface area contributed by atoms with Crippen molar-refractivity contribution >= 4 is 11.5 Å². The van der Waals surface area contributed by atoms with Gasteiger partial charge in [0.1, 0.15) is 5.92 Å². The van der Waals surface area contributed by atoms with Crippen LogP contribution in [0.2, 0.25) is 0 Å². The maximum absolute atomic E-state index is 13.2. The van der Waals surface area contributed by atoms with Crippen LogP contribution in [0.3, 0.4) is 0 Å². The molecule has 4 nitrogen and oxygen atoms in total. The van der Waals surface area contributed by atoms with Crippen molar-refractivity contribution in [1.82, 2.24) is 0 Å². The van der Waals surface area contributed by atoms with Crippen LogP contribution in [0.1, 0.15) is 29.3 Å². The highest BCUT2D eigenvalue weighted by molar-refractivity contribution is 5.97. The van der Waals surface area contributed by atoms with Gasteiger partial charge in [0.15, 0.2) is 11.4 Å². The van der Waals surface area contributed by atoms with Gasteiger partial charge in [-0.1, -0.05) is 29.8 Å². The number of Topliss-reactive ketones (excluding diaryl/α,β-unsaturated/α-hetero) is 1. The number of carbonyl (C=O) groups is 1. The molecule has 2 N–H and O–H groups in total. The maximum atomic E-state index is 13.2. The van der Waals surface area contributed by atoms with Crippen molar-refractivity contribution in [3.8, 4) is 6.07 Å². The van der Waals surface area contributed by atoms with Gasteiger partial charge in [0, 0.05) is 11.3 Å². The van der Waals surface area contributed by atoms with Gasteiger partial charge in [0.25, 0.3) is 0 Å². The van der Waals surface area contributed by atoms with Gasteiger partial charge in [-0.2, -0.15) is 18.4 Å². The Labute approximate surface area is 125 Å². The van der Waals surface area contributed by atoms with Crippen LogP contribution in [0, 0.1) is 29.6 Å². The Balaban J connectivity index is 3.20. The van der Waals surface area contributed by atoms with E-state index < -0.39 is 35.6 Å². The number of aryl methyl sites for hydroxylation is 1. The van der Waals surface area contributed by atoms with Crippen molar-refractivity contribution in [1.29, 1.82) is 10.7 Å². The number of ketones is 1. The molecule has 22 heavy (non-hydrogen) atoms. The summed E-state index contributed by atoms with van der Waals surface area (Å²) in [6, 6.07) is 7.09. The fraction of sp³-hybridized carbons (Fsp3) is 0.400. The smallest absolute Gasteiger partial charge is 0.379 e. The molecule has 0 radical (unpaired) electrons. The molecule has 2 atom stereocenters. The predicted molar refractivity (Wildman–Crippen MR) is 73.6 cm³/mol. The van der Waals surface area contributed by atoms with E-state index in [1.807, 2.05) is 0 Å². The van der Waals surface area contributed by atoms with Gasteiger partial charge in [-0.05, 0) is 13.8 Å². The standard InChI is InChI=1S/C15H15F3N2O2/c1-9-3-5-11(6-4-9)13(21)7-14(22,15(16,17)18)12(8-19)10(2)20/h3-6,12,20,22H,7H2,1-2H3. The Hall–Kier alpha value is -2.20. The molecule has 0 saturated heterocycles. The topological polar surface area (TPSA) is 84.9 Å². The largest absolute Gasteiger partial charge is 0.419 e. The lowest BCUT2D eigenvalue weighted by atomic mass is 9.79. The summed E-state index contributed by atoms with van der Waals surface area (Å²) in [7, 11) is 0. The molecular formula is C15H15F3N2O2. The average Bonchev–Trinajstić information content (AvgIpc) is 2.38. The molecule has 0 fully saturated rings. The molecule has 2 unspecified atom stereocenters. The Morgan fingerprint density at radius 1 is 1.36 bits per heavy atom. The zero-order valence-electron chi connectivity index (χ0n) is 12.0. The number of nitrogens with one attached hydrogen (secondary N) is 1. The molecule has 0 heterocycles. The molecule has 1 rings (SSSR count). The normalized spacial score (nSPS) is 15.5. The molecule has 7 heteroatoms. The molecule has 0 aliphatic rings. The van der Waals surface area contributed by atoms with Crippen molar-refractivity contribution < 1.29 is 23.1 Å². The van der Waals surface area contributed by atoms with Crippen LogP contribution < -0.4 is 0 Å². The minimum atomic E-state index is -5.21. The molecule has 0 aliphatic carbocycles. The molecule has 0 spiro atoms. The number of rotatable bonds is 5. The lowest BCUT2D eigenvalue weighted by Gasteiger charge is -2.33. The van der Waals surface area contributed by atoms with Gasteiger partial charge < -0.3 is 10.5 Å². The molecule has 1 aromatic carbocycles. The van der Waals surface area contributed by atoms with Gasteiger partial charge in [-0.25, -0.2) is 0 Å². The molecule has 0 amide bonds. The number of aliphatic hydroxyl groups is 1. The predicted octanol–water partition coefficient (Wildman–Crippen LogP) is 3.04. The summed E-state index contributed by atoms with van der Waals surface area (Å²) in [5, 5.41) is 26.1. The lowest BCUT2D eigenvalue weighted by Crippen LogP contribution is -2.54. The van der Waals surface area contributed by atoms with E-state index >= 15 is 0 Å². The first-order chi connectivity index (χ1) is 10.0. The Bertz CT molecular complexity index is 617. The van der Waals surface area contributed by atoms with Gasteiger partial charge in [0.2, 0.25) is 0 Å². The third-order valence-electron chi connectivity index (χ3n) is 3.33. The highest BCUT2D eigenvalue weighted by Crippen LogP contribution is 2.40. The van der Waals surface area contributed by atoms with Gasteiger partial charge in [0.05, 0.1) is 12.5 Å². The lowest BCUT2D eigenvalue weighted by molar-refractivity contribution is -0.264. The Kier molecular flexibility index (Phi) is 5.09. The highest BCUT2D eigenvalue weighted by atomic mass is 19.4. The summed E-state index contributed by atoms with van der Waals surface area (Å²) in [6.07, 6.45) is -6.52. The number of nitrogens with zero attached hydrogens (tertiary/aromatic N) is 1. The molecular weight excluding hydrogens is 297 g/mol. The Morgan fingerprint density at radius 2 is 1.86 bits per heavy atom. The number of hydrogen-bond acceptors (Lipinski definition) is 4. The number of hydrogen-bond donors (Lipinski definition) is 2.